The van der Waals surface area contributed by atoms with E-state index in [0.29, 0.717) is 36.0 Å². The minimum absolute atomic E-state index is 0.128. The molecule has 2 aromatic carbocycles. The number of sulfonamides is 1. The van der Waals surface area contributed by atoms with Crippen molar-refractivity contribution in [1.29, 1.82) is 0 Å². The Labute approximate surface area is 198 Å². The van der Waals surface area contributed by atoms with E-state index in [1.807, 2.05) is 29.6 Å². The number of carbonyl (C=O) groups is 1. The molecule has 1 amide bonds. The molecule has 1 fully saturated rings. The molecule has 0 saturated carbocycles. The quantitative estimate of drug-likeness (QED) is 0.489. The van der Waals surface area contributed by atoms with Crippen LogP contribution in [0.5, 0.6) is 17.2 Å². The molecular weight excluding hydrogens is 460 g/mol. The van der Waals surface area contributed by atoms with E-state index in [4.69, 9.17) is 9.47 Å². The number of nitrogens with one attached hydrogen (secondary N) is 1. The number of thiophene rings is 1. The minimum atomic E-state index is -3.67. The Bertz CT molecular complexity index is 1200. The van der Waals surface area contributed by atoms with Crippen LogP contribution in [0.4, 0.5) is 5.69 Å². The van der Waals surface area contributed by atoms with Crippen molar-refractivity contribution in [1.82, 2.24) is 4.31 Å². The number of rotatable bonds is 8. The number of amides is 1. The van der Waals surface area contributed by atoms with E-state index < -0.39 is 10.0 Å². The van der Waals surface area contributed by atoms with Crippen LogP contribution in [-0.2, 0) is 21.2 Å². The summed E-state index contributed by atoms with van der Waals surface area (Å²) in [7, 11) is -2.13. The molecule has 0 atom stereocenters. The molecule has 174 valence electrons. The summed E-state index contributed by atoms with van der Waals surface area (Å²) in [6.07, 6.45) is 2.91. The Morgan fingerprint density at radius 1 is 1.00 bits per heavy atom. The van der Waals surface area contributed by atoms with Crippen molar-refractivity contribution in [3.63, 3.8) is 0 Å². The fraction of sp³-hybridized carbons (Fsp3) is 0.292. The summed E-state index contributed by atoms with van der Waals surface area (Å²) in [4.78, 5) is 13.8. The molecule has 7 nitrogen and oxygen atoms in total. The van der Waals surface area contributed by atoms with E-state index in [0.717, 1.165) is 24.1 Å². The molecule has 0 spiro atoms. The van der Waals surface area contributed by atoms with E-state index in [2.05, 4.69) is 5.32 Å². The van der Waals surface area contributed by atoms with E-state index in [1.165, 1.54) is 27.8 Å². The van der Waals surface area contributed by atoms with E-state index in [-0.39, 0.29) is 17.2 Å². The predicted molar refractivity (Wildman–Crippen MR) is 129 cm³/mol. The van der Waals surface area contributed by atoms with Crippen LogP contribution in [0.25, 0.3) is 0 Å². The summed E-state index contributed by atoms with van der Waals surface area (Å²) in [5.74, 6) is 1.06. The zero-order valence-electron chi connectivity index (χ0n) is 18.3. The smallest absolute Gasteiger partial charge is 0.243 e. The molecular formula is C24H26N2O5S2. The van der Waals surface area contributed by atoms with Gasteiger partial charge in [0.15, 0.2) is 17.2 Å². The summed E-state index contributed by atoms with van der Waals surface area (Å²) in [5.41, 5.74) is 0.292. The van der Waals surface area contributed by atoms with Gasteiger partial charge in [0.2, 0.25) is 15.9 Å². The maximum atomic E-state index is 13.2. The first kappa shape index (κ1) is 23.3. The number of benzene rings is 2. The maximum absolute atomic E-state index is 13.2. The van der Waals surface area contributed by atoms with Gasteiger partial charge >= 0.3 is 0 Å². The number of ether oxygens (including phenoxy) is 2. The van der Waals surface area contributed by atoms with Gasteiger partial charge in [-0.15, -0.1) is 11.3 Å². The van der Waals surface area contributed by atoms with Gasteiger partial charge in [0, 0.05) is 18.0 Å². The number of anilines is 1. The molecule has 1 saturated heterocycles. The number of nitrogens with zero attached hydrogens (tertiary/aromatic N) is 1. The standard InChI is InChI=1S/C24H26N2O5S2/c1-30-22-9-3-4-10-23(22)31-21-12-11-19(33(28,29)26-13-5-2-6-14-26)17-20(21)25-24(27)16-18-8-7-15-32-18/h3-4,7-12,15,17H,2,5-6,13-14,16H2,1H3,(H,25,27). The SMILES string of the molecule is COc1ccccc1Oc1ccc(S(=O)(=O)N2CCCCC2)cc1NC(=O)Cc1cccs1. The highest BCUT2D eigenvalue weighted by Gasteiger charge is 2.27. The van der Waals surface area contributed by atoms with Crippen molar-refractivity contribution in [3.8, 4) is 17.2 Å². The predicted octanol–water partition coefficient (Wildman–Crippen LogP) is 4.90. The van der Waals surface area contributed by atoms with Crippen LogP contribution < -0.4 is 14.8 Å². The second kappa shape index (κ2) is 10.4. The zero-order valence-corrected chi connectivity index (χ0v) is 20.0. The second-order valence-electron chi connectivity index (χ2n) is 7.68. The number of hydrogen-bond donors (Lipinski definition) is 1. The molecule has 0 aliphatic carbocycles. The maximum Gasteiger partial charge on any atom is 0.243 e. The van der Waals surface area contributed by atoms with Gasteiger partial charge in [-0.25, -0.2) is 8.42 Å². The van der Waals surface area contributed by atoms with E-state index >= 15 is 0 Å². The average molecular weight is 487 g/mol. The monoisotopic (exact) mass is 486 g/mol. The summed E-state index contributed by atoms with van der Waals surface area (Å²) >= 11 is 1.49. The van der Waals surface area contributed by atoms with Crippen LogP contribution in [0.3, 0.4) is 0 Å². The molecule has 9 heteroatoms. The molecule has 4 rings (SSSR count). The Balaban J connectivity index is 1.66. The molecule has 0 unspecified atom stereocenters. The first-order valence-electron chi connectivity index (χ1n) is 10.7. The lowest BCUT2D eigenvalue weighted by Crippen LogP contribution is -2.35. The van der Waals surface area contributed by atoms with Crippen LogP contribution in [0.1, 0.15) is 24.1 Å². The minimum Gasteiger partial charge on any atom is -0.493 e. The summed E-state index contributed by atoms with van der Waals surface area (Å²) in [6, 6.07) is 15.5. The Kier molecular flexibility index (Phi) is 7.32. The van der Waals surface area contributed by atoms with Gasteiger partial charge in [-0.3, -0.25) is 4.79 Å². The van der Waals surface area contributed by atoms with Crippen molar-refractivity contribution >= 4 is 33.0 Å². The first-order valence-corrected chi connectivity index (χ1v) is 13.1. The Morgan fingerprint density at radius 2 is 1.76 bits per heavy atom. The fourth-order valence-electron chi connectivity index (χ4n) is 3.70. The number of carbonyl (C=O) groups excluding carboxylic acids is 1. The van der Waals surface area contributed by atoms with Gasteiger partial charge in [-0.2, -0.15) is 4.31 Å². The third-order valence-corrected chi connectivity index (χ3v) is 8.15. The van der Waals surface area contributed by atoms with Gasteiger partial charge in [0.1, 0.15) is 0 Å². The van der Waals surface area contributed by atoms with Crippen molar-refractivity contribution in [2.45, 2.75) is 30.6 Å². The van der Waals surface area contributed by atoms with E-state index in [1.54, 1.807) is 25.3 Å². The number of hydrogen-bond acceptors (Lipinski definition) is 6. The summed E-state index contributed by atoms with van der Waals surface area (Å²) < 4.78 is 39.3. The summed E-state index contributed by atoms with van der Waals surface area (Å²) in [5, 5.41) is 4.75. The lowest BCUT2D eigenvalue weighted by Gasteiger charge is -2.26. The fourth-order valence-corrected chi connectivity index (χ4v) is 5.95. The van der Waals surface area contributed by atoms with Crippen LogP contribution in [0, 0.1) is 0 Å². The molecule has 33 heavy (non-hydrogen) atoms. The first-order chi connectivity index (χ1) is 16.0. The second-order valence-corrected chi connectivity index (χ2v) is 10.7. The van der Waals surface area contributed by atoms with Crippen molar-refractivity contribution in [2.75, 3.05) is 25.5 Å². The van der Waals surface area contributed by atoms with Crippen molar-refractivity contribution in [3.05, 3.63) is 64.9 Å². The third kappa shape index (κ3) is 5.55. The highest BCUT2D eigenvalue weighted by molar-refractivity contribution is 7.89. The molecule has 2 heterocycles. The lowest BCUT2D eigenvalue weighted by atomic mass is 10.2. The molecule has 0 bridgehead atoms. The van der Waals surface area contributed by atoms with Crippen LogP contribution >= 0.6 is 11.3 Å². The number of para-hydroxylation sites is 2. The topological polar surface area (TPSA) is 84.9 Å². The normalized spacial score (nSPS) is 14.6. The highest BCUT2D eigenvalue weighted by atomic mass is 32.2. The van der Waals surface area contributed by atoms with Crippen LogP contribution in [0.2, 0.25) is 0 Å². The zero-order chi connectivity index (χ0) is 23.3. The largest absolute Gasteiger partial charge is 0.493 e. The van der Waals surface area contributed by atoms with Gasteiger partial charge in [-0.05, 0) is 54.6 Å². The average Bonchev–Trinajstić information content (AvgIpc) is 3.34. The number of piperidine rings is 1. The third-order valence-electron chi connectivity index (χ3n) is 5.38. The molecule has 0 radical (unpaired) electrons. The Hall–Kier alpha value is -2.88. The van der Waals surface area contributed by atoms with Crippen LogP contribution in [-0.4, -0.2) is 38.8 Å². The van der Waals surface area contributed by atoms with Crippen molar-refractivity contribution < 1.29 is 22.7 Å². The molecule has 1 aromatic heterocycles. The Morgan fingerprint density at radius 3 is 2.45 bits per heavy atom. The number of methoxy groups -OCH3 is 1. The molecule has 1 N–H and O–H groups in total. The molecule has 3 aromatic rings. The van der Waals surface area contributed by atoms with Crippen LogP contribution in [0.15, 0.2) is 64.9 Å². The van der Waals surface area contributed by atoms with E-state index in [9.17, 15) is 13.2 Å². The highest BCUT2D eigenvalue weighted by Crippen LogP contribution is 2.37. The van der Waals surface area contributed by atoms with Gasteiger partial charge < -0.3 is 14.8 Å². The molecule has 1 aliphatic heterocycles. The van der Waals surface area contributed by atoms with Gasteiger partial charge in [0.05, 0.1) is 24.1 Å². The van der Waals surface area contributed by atoms with Gasteiger partial charge in [-0.1, -0.05) is 24.6 Å². The summed E-state index contributed by atoms with van der Waals surface area (Å²) in [6.45, 7) is 1.00. The molecule has 1 aliphatic rings. The van der Waals surface area contributed by atoms with Crippen molar-refractivity contribution in [2.24, 2.45) is 0 Å². The van der Waals surface area contributed by atoms with Gasteiger partial charge in [0.25, 0.3) is 0 Å². The lowest BCUT2D eigenvalue weighted by molar-refractivity contribution is -0.115.